The number of anilines is 2. The molecule has 8 heteroatoms. The SMILES string of the molecule is Cc1cccc2c1CCC(C(=O)Nc1ccc3c(c1)C(=O)N(C1CCC(=O)NC1=O)C3)N2C. The van der Waals surface area contributed by atoms with Gasteiger partial charge in [-0.05, 0) is 61.1 Å². The second-order valence-electron chi connectivity index (χ2n) is 9.00. The number of nitrogens with zero attached hydrogens (tertiary/aromatic N) is 2. The number of aryl methyl sites for hydroxylation is 1. The molecule has 2 aromatic rings. The van der Waals surface area contributed by atoms with Gasteiger partial charge in [-0.3, -0.25) is 24.5 Å². The van der Waals surface area contributed by atoms with Crippen LogP contribution in [-0.2, 0) is 27.3 Å². The molecule has 0 saturated carbocycles. The smallest absolute Gasteiger partial charge is 0.255 e. The van der Waals surface area contributed by atoms with Crippen molar-refractivity contribution in [3.05, 3.63) is 58.7 Å². The molecule has 1 saturated heterocycles. The summed E-state index contributed by atoms with van der Waals surface area (Å²) in [7, 11) is 1.94. The fraction of sp³-hybridized carbons (Fsp3) is 0.360. The molecule has 3 heterocycles. The molecule has 33 heavy (non-hydrogen) atoms. The first-order valence-corrected chi connectivity index (χ1v) is 11.2. The lowest BCUT2D eigenvalue weighted by atomic mass is 9.92. The second-order valence-corrected chi connectivity index (χ2v) is 9.00. The van der Waals surface area contributed by atoms with Crippen molar-refractivity contribution < 1.29 is 19.2 Å². The first-order valence-electron chi connectivity index (χ1n) is 11.2. The molecule has 4 amide bonds. The number of rotatable bonds is 3. The normalized spacial score (nSPS) is 22.1. The van der Waals surface area contributed by atoms with Gasteiger partial charge in [0.05, 0.1) is 0 Å². The van der Waals surface area contributed by atoms with Crippen LogP contribution in [0, 0.1) is 6.92 Å². The van der Waals surface area contributed by atoms with E-state index in [1.54, 1.807) is 12.1 Å². The van der Waals surface area contributed by atoms with Crippen LogP contribution in [-0.4, -0.2) is 47.7 Å². The van der Waals surface area contributed by atoms with Crippen molar-refractivity contribution in [3.63, 3.8) is 0 Å². The van der Waals surface area contributed by atoms with Crippen LogP contribution in [0.3, 0.4) is 0 Å². The lowest BCUT2D eigenvalue weighted by molar-refractivity contribution is -0.137. The van der Waals surface area contributed by atoms with E-state index in [0.29, 0.717) is 30.6 Å². The molecule has 2 aromatic carbocycles. The Balaban J connectivity index is 1.31. The highest BCUT2D eigenvalue weighted by molar-refractivity contribution is 6.06. The van der Waals surface area contributed by atoms with Crippen LogP contribution in [0.4, 0.5) is 11.4 Å². The van der Waals surface area contributed by atoms with Gasteiger partial charge in [-0.2, -0.15) is 0 Å². The number of amides is 4. The molecule has 170 valence electrons. The zero-order valence-corrected chi connectivity index (χ0v) is 18.7. The summed E-state index contributed by atoms with van der Waals surface area (Å²) in [5.74, 6) is -1.11. The third kappa shape index (κ3) is 3.65. The summed E-state index contributed by atoms with van der Waals surface area (Å²) in [4.78, 5) is 53.3. The van der Waals surface area contributed by atoms with Gasteiger partial charge in [-0.1, -0.05) is 18.2 Å². The van der Waals surface area contributed by atoms with Crippen LogP contribution in [0.2, 0.25) is 0 Å². The lowest BCUT2D eigenvalue weighted by Gasteiger charge is -2.35. The molecule has 1 fully saturated rings. The Morgan fingerprint density at radius 3 is 2.70 bits per heavy atom. The molecule has 2 N–H and O–H groups in total. The van der Waals surface area contributed by atoms with Gasteiger partial charge < -0.3 is 15.1 Å². The van der Waals surface area contributed by atoms with Crippen LogP contribution < -0.4 is 15.5 Å². The minimum absolute atomic E-state index is 0.114. The monoisotopic (exact) mass is 446 g/mol. The number of fused-ring (bicyclic) bond motifs is 2. The number of hydrogen-bond donors (Lipinski definition) is 2. The minimum Gasteiger partial charge on any atom is -0.362 e. The van der Waals surface area contributed by atoms with Crippen LogP contribution in [0.25, 0.3) is 0 Å². The van der Waals surface area contributed by atoms with E-state index in [4.69, 9.17) is 0 Å². The predicted molar refractivity (Wildman–Crippen MR) is 123 cm³/mol. The number of carbonyl (C=O) groups is 4. The van der Waals surface area contributed by atoms with E-state index in [9.17, 15) is 19.2 Å². The third-order valence-corrected chi connectivity index (χ3v) is 7.00. The van der Waals surface area contributed by atoms with Crippen molar-refractivity contribution in [2.45, 2.75) is 51.2 Å². The third-order valence-electron chi connectivity index (χ3n) is 7.00. The highest BCUT2D eigenvalue weighted by atomic mass is 16.2. The largest absolute Gasteiger partial charge is 0.362 e. The summed E-state index contributed by atoms with van der Waals surface area (Å²) in [5.41, 5.74) is 5.43. The van der Waals surface area contributed by atoms with Gasteiger partial charge in [-0.25, -0.2) is 0 Å². The molecular weight excluding hydrogens is 420 g/mol. The number of carbonyl (C=O) groups excluding carboxylic acids is 4. The summed E-state index contributed by atoms with van der Waals surface area (Å²) in [5, 5.41) is 5.28. The summed E-state index contributed by atoms with van der Waals surface area (Å²) in [6.07, 6.45) is 2.10. The highest BCUT2D eigenvalue weighted by Gasteiger charge is 2.39. The lowest BCUT2D eigenvalue weighted by Crippen LogP contribution is -2.52. The molecule has 0 radical (unpaired) electrons. The van der Waals surface area contributed by atoms with Crippen molar-refractivity contribution in [2.75, 3.05) is 17.3 Å². The van der Waals surface area contributed by atoms with Crippen molar-refractivity contribution in [1.29, 1.82) is 0 Å². The topological polar surface area (TPSA) is 98.8 Å². The average Bonchev–Trinajstić information content (AvgIpc) is 3.10. The number of hydrogen-bond acceptors (Lipinski definition) is 5. The maximum atomic E-state index is 13.1. The number of imide groups is 1. The number of nitrogens with one attached hydrogen (secondary N) is 2. The molecule has 0 aliphatic carbocycles. The van der Waals surface area contributed by atoms with Gasteiger partial charge in [0.2, 0.25) is 17.7 Å². The van der Waals surface area contributed by atoms with E-state index >= 15 is 0 Å². The minimum atomic E-state index is -0.653. The molecule has 0 aromatic heterocycles. The molecule has 8 nitrogen and oxygen atoms in total. The zero-order valence-electron chi connectivity index (χ0n) is 18.7. The summed E-state index contributed by atoms with van der Waals surface area (Å²) < 4.78 is 0. The van der Waals surface area contributed by atoms with Gasteiger partial charge in [0.25, 0.3) is 5.91 Å². The van der Waals surface area contributed by atoms with E-state index < -0.39 is 11.9 Å². The van der Waals surface area contributed by atoms with Gasteiger partial charge in [0.1, 0.15) is 12.1 Å². The Labute approximate surface area is 191 Å². The van der Waals surface area contributed by atoms with Crippen LogP contribution in [0.5, 0.6) is 0 Å². The Bertz CT molecular complexity index is 1190. The number of likely N-dealkylation sites (N-methyl/N-ethyl adjacent to an activating group) is 1. The van der Waals surface area contributed by atoms with Gasteiger partial charge in [0.15, 0.2) is 0 Å². The molecular formula is C25H26N4O4. The quantitative estimate of drug-likeness (QED) is 0.704. The van der Waals surface area contributed by atoms with Crippen LogP contribution >= 0.6 is 0 Å². The summed E-state index contributed by atoms with van der Waals surface area (Å²) in [6, 6.07) is 10.5. The van der Waals surface area contributed by atoms with Crippen molar-refractivity contribution in [3.8, 4) is 0 Å². The Kier molecular flexibility index (Phi) is 5.15. The van der Waals surface area contributed by atoms with Gasteiger partial charge >= 0.3 is 0 Å². The molecule has 5 rings (SSSR count). The Hall–Kier alpha value is -3.68. The van der Waals surface area contributed by atoms with E-state index in [1.165, 1.54) is 16.0 Å². The van der Waals surface area contributed by atoms with Crippen LogP contribution in [0.1, 0.15) is 46.3 Å². The highest BCUT2D eigenvalue weighted by Crippen LogP contribution is 2.33. The number of benzene rings is 2. The van der Waals surface area contributed by atoms with E-state index in [2.05, 4.69) is 23.6 Å². The first-order chi connectivity index (χ1) is 15.8. The fourth-order valence-electron chi connectivity index (χ4n) is 5.15. The molecule has 3 aliphatic rings. The molecule has 0 bridgehead atoms. The first kappa shape index (κ1) is 21.2. The molecule has 2 atom stereocenters. The summed E-state index contributed by atoms with van der Waals surface area (Å²) in [6.45, 7) is 2.41. The molecule has 3 aliphatic heterocycles. The van der Waals surface area contributed by atoms with E-state index in [1.807, 2.05) is 30.1 Å². The summed E-state index contributed by atoms with van der Waals surface area (Å²) >= 11 is 0. The maximum absolute atomic E-state index is 13.1. The maximum Gasteiger partial charge on any atom is 0.255 e. The van der Waals surface area contributed by atoms with Crippen molar-refractivity contribution >= 4 is 35.0 Å². The van der Waals surface area contributed by atoms with E-state index in [-0.39, 0.29) is 30.2 Å². The number of piperidine rings is 1. The van der Waals surface area contributed by atoms with Crippen LogP contribution in [0.15, 0.2) is 36.4 Å². The molecule has 2 unspecified atom stereocenters. The Morgan fingerprint density at radius 2 is 1.91 bits per heavy atom. The standard InChI is InChI=1S/C25H26N4O4/c1-14-4-3-5-19-17(14)8-9-20(28(19)2)23(31)26-16-7-6-15-13-29(25(33)18(15)12-16)21-10-11-22(30)27-24(21)32/h3-7,12,20-21H,8-11,13H2,1-2H3,(H,26,31)(H,27,30,32). The average molecular weight is 447 g/mol. The van der Waals surface area contributed by atoms with Gasteiger partial charge in [0, 0.05) is 37.0 Å². The fourth-order valence-corrected chi connectivity index (χ4v) is 5.15. The van der Waals surface area contributed by atoms with Crippen molar-refractivity contribution in [1.82, 2.24) is 10.2 Å². The predicted octanol–water partition coefficient (Wildman–Crippen LogP) is 2.15. The van der Waals surface area contributed by atoms with Crippen molar-refractivity contribution in [2.24, 2.45) is 0 Å². The molecule has 0 spiro atoms. The van der Waals surface area contributed by atoms with E-state index in [0.717, 1.165) is 17.7 Å². The second kappa shape index (κ2) is 8.03. The van der Waals surface area contributed by atoms with Gasteiger partial charge in [-0.15, -0.1) is 0 Å². The zero-order chi connectivity index (χ0) is 23.3. The Morgan fingerprint density at radius 1 is 1.09 bits per heavy atom.